The molecule has 0 spiro atoms. The number of hydrogen-bond acceptors (Lipinski definition) is 3. The molecule has 0 aromatic carbocycles. The minimum Gasteiger partial charge on any atom is -0.480 e. The van der Waals surface area contributed by atoms with Gasteiger partial charge in [0.15, 0.2) is 0 Å². The summed E-state index contributed by atoms with van der Waals surface area (Å²) in [5.74, 6) is 1.96. The highest BCUT2D eigenvalue weighted by molar-refractivity contribution is 7.99. The number of carboxylic acid groups (broad SMARTS) is 1. The van der Waals surface area contributed by atoms with Crippen molar-refractivity contribution in [1.82, 2.24) is 4.90 Å². The highest BCUT2D eigenvalue weighted by Gasteiger charge is 2.32. The van der Waals surface area contributed by atoms with Crippen LogP contribution in [0.15, 0.2) is 0 Å². The van der Waals surface area contributed by atoms with Gasteiger partial charge in [0.05, 0.1) is 0 Å². The van der Waals surface area contributed by atoms with Crippen LogP contribution in [0.5, 0.6) is 0 Å². The molecule has 2 fully saturated rings. The van der Waals surface area contributed by atoms with Gasteiger partial charge >= 0.3 is 5.97 Å². The molecule has 0 radical (unpaired) electrons. The summed E-state index contributed by atoms with van der Waals surface area (Å²) in [6.45, 7) is 0.622. The van der Waals surface area contributed by atoms with E-state index in [-0.39, 0.29) is 5.91 Å². The summed E-state index contributed by atoms with van der Waals surface area (Å²) < 4.78 is 0. The van der Waals surface area contributed by atoms with E-state index in [1.165, 1.54) is 0 Å². The van der Waals surface area contributed by atoms with E-state index in [0.717, 1.165) is 37.2 Å². The average Bonchev–Trinajstić information content (AvgIpc) is 2.40. The highest BCUT2D eigenvalue weighted by Crippen LogP contribution is 2.27. The van der Waals surface area contributed by atoms with Crippen LogP contribution < -0.4 is 0 Å². The lowest BCUT2D eigenvalue weighted by Crippen LogP contribution is -2.48. The van der Waals surface area contributed by atoms with Gasteiger partial charge in [0, 0.05) is 13.0 Å². The number of hydrogen-bond donors (Lipinski definition) is 1. The van der Waals surface area contributed by atoms with Crippen LogP contribution in [0.4, 0.5) is 0 Å². The van der Waals surface area contributed by atoms with E-state index in [4.69, 9.17) is 5.11 Å². The molecule has 102 valence electrons. The number of likely N-dealkylation sites (tertiary alicyclic amines) is 1. The molecule has 0 unspecified atom stereocenters. The molecule has 1 amide bonds. The maximum atomic E-state index is 12.2. The van der Waals surface area contributed by atoms with Crippen LogP contribution in [-0.4, -0.2) is 46.0 Å². The van der Waals surface area contributed by atoms with Crippen LogP contribution in [0.25, 0.3) is 0 Å². The van der Waals surface area contributed by atoms with Crippen LogP contribution in [0.3, 0.4) is 0 Å². The summed E-state index contributed by atoms with van der Waals surface area (Å²) in [5, 5.41) is 9.17. The monoisotopic (exact) mass is 271 g/mol. The Balaban J connectivity index is 1.91. The first kappa shape index (κ1) is 13.7. The Kier molecular flexibility index (Phi) is 4.92. The van der Waals surface area contributed by atoms with Crippen LogP contribution in [0.2, 0.25) is 0 Å². The molecule has 2 heterocycles. The van der Waals surface area contributed by atoms with Crippen molar-refractivity contribution in [3.63, 3.8) is 0 Å². The zero-order valence-corrected chi connectivity index (χ0v) is 11.5. The lowest BCUT2D eigenvalue weighted by Gasteiger charge is -2.34. The first-order valence-corrected chi connectivity index (χ1v) is 7.94. The van der Waals surface area contributed by atoms with Crippen molar-refractivity contribution in [2.75, 3.05) is 18.1 Å². The fourth-order valence-electron chi connectivity index (χ4n) is 2.80. The Morgan fingerprint density at radius 3 is 2.56 bits per heavy atom. The summed E-state index contributed by atoms with van der Waals surface area (Å²) in [7, 11) is 0. The second kappa shape index (κ2) is 6.45. The third-order valence-corrected chi connectivity index (χ3v) is 4.96. The van der Waals surface area contributed by atoms with Crippen molar-refractivity contribution in [2.45, 2.75) is 44.6 Å². The van der Waals surface area contributed by atoms with Gasteiger partial charge in [0.1, 0.15) is 6.04 Å². The largest absolute Gasteiger partial charge is 0.480 e. The lowest BCUT2D eigenvalue weighted by molar-refractivity contribution is -0.152. The van der Waals surface area contributed by atoms with Gasteiger partial charge in [0.25, 0.3) is 0 Å². The van der Waals surface area contributed by atoms with Crippen molar-refractivity contribution in [1.29, 1.82) is 0 Å². The molecule has 0 saturated carbocycles. The standard InChI is InChI=1S/C13H21NO3S/c15-12(9-10-4-7-18-8-5-10)14-6-2-1-3-11(14)13(16)17/h10-11H,1-9H2,(H,16,17)/t11-/m0/s1. The molecule has 2 aliphatic rings. The minimum atomic E-state index is -0.845. The number of carbonyl (C=O) groups excluding carboxylic acids is 1. The fourth-order valence-corrected chi connectivity index (χ4v) is 4.01. The molecule has 2 rings (SSSR count). The van der Waals surface area contributed by atoms with Crippen LogP contribution >= 0.6 is 11.8 Å². The highest BCUT2D eigenvalue weighted by atomic mass is 32.2. The second-order valence-electron chi connectivity index (χ2n) is 5.20. The van der Waals surface area contributed by atoms with Gasteiger partial charge in [-0.25, -0.2) is 4.79 Å². The Bertz CT molecular complexity index is 315. The van der Waals surface area contributed by atoms with Gasteiger partial charge < -0.3 is 10.0 Å². The molecular formula is C13H21NO3S. The smallest absolute Gasteiger partial charge is 0.326 e. The van der Waals surface area contributed by atoms with E-state index in [1.807, 2.05) is 11.8 Å². The van der Waals surface area contributed by atoms with Gasteiger partial charge in [-0.15, -0.1) is 0 Å². The molecule has 5 heteroatoms. The van der Waals surface area contributed by atoms with E-state index in [1.54, 1.807) is 4.90 Å². The predicted molar refractivity (Wildman–Crippen MR) is 71.7 cm³/mol. The SMILES string of the molecule is O=C(O)[C@@H]1CCCCN1C(=O)CC1CCSCC1. The lowest BCUT2D eigenvalue weighted by atomic mass is 9.95. The molecular weight excluding hydrogens is 250 g/mol. The zero-order chi connectivity index (χ0) is 13.0. The molecule has 2 saturated heterocycles. The molecule has 1 atom stereocenters. The van der Waals surface area contributed by atoms with Gasteiger partial charge in [-0.05, 0) is 49.5 Å². The number of aliphatic carboxylic acids is 1. The first-order chi connectivity index (χ1) is 8.68. The van der Waals surface area contributed by atoms with Crippen molar-refractivity contribution >= 4 is 23.6 Å². The van der Waals surface area contributed by atoms with Gasteiger partial charge in [0.2, 0.25) is 5.91 Å². The Morgan fingerprint density at radius 1 is 1.17 bits per heavy atom. The molecule has 0 bridgehead atoms. The van der Waals surface area contributed by atoms with E-state index in [2.05, 4.69) is 0 Å². The van der Waals surface area contributed by atoms with E-state index in [0.29, 0.717) is 25.3 Å². The summed E-state index contributed by atoms with van der Waals surface area (Å²) in [5.41, 5.74) is 0. The average molecular weight is 271 g/mol. The van der Waals surface area contributed by atoms with Gasteiger partial charge in [-0.2, -0.15) is 11.8 Å². The third-order valence-electron chi connectivity index (χ3n) is 3.91. The molecule has 0 aromatic rings. The molecule has 18 heavy (non-hydrogen) atoms. The van der Waals surface area contributed by atoms with Crippen molar-refractivity contribution in [2.24, 2.45) is 5.92 Å². The van der Waals surface area contributed by atoms with E-state index >= 15 is 0 Å². The molecule has 4 nitrogen and oxygen atoms in total. The number of carbonyl (C=O) groups is 2. The Labute approximate surface area is 112 Å². The van der Waals surface area contributed by atoms with Gasteiger partial charge in [-0.1, -0.05) is 0 Å². The summed E-state index contributed by atoms with van der Waals surface area (Å²) in [6, 6.07) is -0.579. The van der Waals surface area contributed by atoms with E-state index in [9.17, 15) is 9.59 Å². The second-order valence-corrected chi connectivity index (χ2v) is 6.42. The van der Waals surface area contributed by atoms with Crippen molar-refractivity contribution < 1.29 is 14.7 Å². The number of amides is 1. The topological polar surface area (TPSA) is 57.6 Å². The molecule has 1 N–H and O–H groups in total. The van der Waals surface area contributed by atoms with Crippen LogP contribution in [0, 0.1) is 5.92 Å². The predicted octanol–water partition coefficient (Wildman–Crippen LogP) is 1.99. The van der Waals surface area contributed by atoms with E-state index < -0.39 is 12.0 Å². The fraction of sp³-hybridized carbons (Fsp3) is 0.846. The van der Waals surface area contributed by atoms with Crippen molar-refractivity contribution in [3.05, 3.63) is 0 Å². The molecule has 0 aliphatic carbocycles. The Morgan fingerprint density at radius 2 is 1.89 bits per heavy atom. The van der Waals surface area contributed by atoms with Crippen LogP contribution in [0.1, 0.15) is 38.5 Å². The number of nitrogens with zero attached hydrogens (tertiary/aromatic N) is 1. The van der Waals surface area contributed by atoms with Gasteiger partial charge in [-0.3, -0.25) is 4.79 Å². The normalized spacial score (nSPS) is 26.0. The third kappa shape index (κ3) is 3.40. The number of rotatable bonds is 3. The summed E-state index contributed by atoms with van der Waals surface area (Å²) in [4.78, 5) is 25.0. The maximum absolute atomic E-state index is 12.2. The van der Waals surface area contributed by atoms with Crippen LogP contribution in [-0.2, 0) is 9.59 Å². The summed E-state index contributed by atoms with van der Waals surface area (Å²) in [6.07, 6.45) is 5.22. The number of thioether (sulfide) groups is 1. The number of piperidine rings is 1. The first-order valence-electron chi connectivity index (χ1n) is 6.78. The minimum absolute atomic E-state index is 0.0546. The zero-order valence-electron chi connectivity index (χ0n) is 10.6. The summed E-state index contributed by atoms with van der Waals surface area (Å²) >= 11 is 1.95. The molecule has 2 aliphatic heterocycles. The van der Waals surface area contributed by atoms with Crippen molar-refractivity contribution in [3.8, 4) is 0 Å². The number of carboxylic acids is 1. The Hall–Kier alpha value is -0.710. The molecule has 0 aromatic heterocycles. The quantitative estimate of drug-likeness (QED) is 0.853. The maximum Gasteiger partial charge on any atom is 0.326 e.